The molecule has 0 aliphatic carbocycles. The Morgan fingerprint density at radius 3 is 2.77 bits per heavy atom. The molecule has 3 nitrogen and oxygen atoms in total. The van der Waals surface area contributed by atoms with Crippen molar-refractivity contribution in [1.82, 2.24) is 5.32 Å². The summed E-state index contributed by atoms with van der Waals surface area (Å²) in [6, 6.07) is 9.54. The molecule has 1 heterocycles. The van der Waals surface area contributed by atoms with Gasteiger partial charge < -0.3 is 15.2 Å². The highest BCUT2D eigenvalue weighted by molar-refractivity contribution is 6.42. The van der Waals surface area contributed by atoms with E-state index in [0.717, 1.165) is 30.5 Å². The van der Waals surface area contributed by atoms with Crippen LogP contribution in [-0.4, -0.2) is 18.8 Å². The first-order valence-electron chi connectivity index (χ1n) is 7.15. The van der Waals surface area contributed by atoms with Crippen molar-refractivity contribution >= 4 is 23.2 Å². The fourth-order valence-electron chi connectivity index (χ4n) is 2.91. The summed E-state index contributed by atoms with van der Waals surface area (Å²) in [5.41, 5.74) is 3.42. The zero-order chi connectivity index (χ0) is 15.7. The zero-order valence-corrected chi connectivity index (χ0v) is 13.7. The van der Waals surface area contributed by atoms with E-state index in [2.05, 4.69) is 5.32 Å². The SMILES string of the molecule is COc1cc2c(cc1O)[C@H](Cc1ccc(Cl)c(Cl)c1)NCC2. The van der Waals surface area contributed by atoms with Crippen molar-refractivity contribution in [3.8, 4) is 11.5 Å². The van der Waals surface area contributed by atoms with E-state index in [1.807, 2.05) is 24.3 Å². The fraction of sp³-hybridized carbons (Fsp3) is 0.294. The highest BCUT2D eigenvalue weighted by Crippen LogP contribution is 2.36. The Labute approximate surface area is 139 Å². The standard InChI is InChI=1S/C17H17Cl2NO2/c1-22-17-8-11-4-5-20-15(12(11)9-16(17)21)7-10-2-3-13(18)14(19)6-10/h2-3,6,8-9,15,20-21H,4-5,7H2,1H3/t15-/m0/s1. The van der Waals surface area contributed by atoms with E-state index in [0.29, 0.717) is 15.8 Å². The number of nitrogens with one attached hydrogen (secondary N) is 1. The number of phenols is 1. The number of halogens is 2. The Balaban J connectivity index is 1.91. The van der Waals surface area contributed by atoms with Crippen LogP contribution in [0.15, 0.2) is 30.3 Å². The molecule has 1 atom stereocenters. The molecule has 2 aromatic rings. The zero-order valence-electron chi connectivity index (χ0n) is 12.2. The van der Waals surface area contributed by atoms with Gasteiger partial charge in [-0.25, -0.2) is 0 Å². The summed E-state index contributed by atoms with van der Waals surface area (Å²) in [5, 5.41) is 14.7. The predicted molar refractivity (Wildman–Crippen MR) is 89.3 cm³/mol. The molecule has 0 bridgehead atoms. The molecule has 5 heteroatoms. The molecule has 0 radical (unpaired) electrons. The molecule has 1 aliphatic rings. The first-order chi connectivity index (χ1) is 10.6. The number of benzene rings is 2. The molecular weight excluding hydrogens is 321 g/mol. The Morgan fingerprint density at radius 2 is 2.05 bits per heavy atom. The van der Waals surface area contributed by atoms with E-state index >= 15 is 0 Å². The van der Waals surface area contributed by atoms with Gasteiger partial charge in [0.2, 0.25) is 0 Å². The second-order valence-corrected chi connectivity index (χ2v) is 6.25. The lowest BCUT2D eigenvalue weighted by Crippen LogP contribution is -2.31. The van der Waals surface area contributed by atoms with E-state index in [1.165, 1.54) is 5.56 Å². The lowest BCUT2D eigenvalue weighted by atomic mass is 9.90. The van der Waals surface area contributed by atoms with Gasteiger partial charge in [0, 0.05) is 6.04 Å². The quantitative estimate of drug-likeness (QED) is 0.884. The van der Waals surface area contributed by atoms with Crippen molar-refractivity contribution in [2.75, 3.05) is 13.7 Å². The van der Waals surface area contributed by atoms with Crippen molar-refractivity contribution in [3.05, 3.63) is 57.1 Å². The van der Waals surface area contributed by atoms with Crippen molar-refractivity contribution in [1.29, 1.82) is 0 Å². The maximum atomic E-state index is 10.0. The van der Waals surface area contributed by atoms with Gasteiger partial charge in [0.05, 0.1) is 17.2 Å². The lowest BCUT2D eigenvalue weighted by molar-refractivity contribution is 0.370. The van der Waals surface area contributed by atoms with Crippen LogP contribution in [0.3, 0.4) is 0 Å². The van der Waals surface area contributed by atoms with E-state index in [4.69, 9.17) is 27.9 Å². The number of phenolic OH excluding ortho intramolecular Hbond substituents is 1. The van der Waals surface area contributed by atoms with Crippen LogP contribution in [0.5, 0.6) is 11.5 Å². The van der Waals surface area contributed by atoms with E-state index in [1.54, 1.807) is 13.2 Å². The van der Waals surface area contributed by atoms with Gasteiger partial charge in [0.15, 0.2) is 11.5 Å². The molecule has 22 heavy (non-hydrogen) atoms. The van der Waals surface area contributed by atoms with Gasteiger partial charge in [-0.2, -0.15) is 0 Å². The van der Waals surface area contributed by atoms with Crippen molar-refractivity contribution < 1.29 is 9.84 Å². The van der Waals surface area contributed by atoms with Crippen molar-refractivity contribution in [2.24, 2.45) is 0 Å². The molecule has 0 aromatic heterocycles. The second-order valence-electron chi connectivity index (χ2n) is 5.43. The van der Waals surface area contributed by atoms with E-state index < -0.39 is 0 Å². The number of fused-ring (bicyclic) bond motifs is 1. The molecule has 1 aliphatic heterocycles. The molecule has 0 amide bonds. The van der Waals surface area contributed by atoms with Crippen LogP contribution < -0.4 is 10.1 Å². The molecule has 116 valence electrons. The smallest absolute Gasteiger partial charge is 0.160 e. The second kappa shape index (κ2) is 6.37. The summed E-state index contributed by atoms with van der Waals surface area (Å²) >= 11 is 12.1. The summed E-state index contributed by atoms with van der Waals surface area (Å²) in [7, 11) is 1.57. The minimum Gasteiger partial charge on any atom is -0.504 e. The van der Waals surface area contributed by atoms with Crippen molar-refractivity contribution in [2.45, 2.75) is 18.9 Å². The fourth-order valence-corrected chi connectivity index (χ4v) is 3.23. The van der Waals surface area contributed by atoms with Crippen LogP contribution in [-0.2, 0) is 12.8 Å². The normalized spacial score (nSPS) is 17.1. The molecule has 0 saturated carbocycles. The molecule has 0 unspecified atom stereocenters. The first-order valence-corrected chi connectivity index (χ1v) is 7.91. The largest absolute Gasteiger partial charge is 0.504 e. The van der Waals surface area contributed by atoms with Crippen LogP contribution in [0.2, 0.25) is 10.0 Å². The maximum Gasteiger partial charge on any atom is 0.160 e. The van der Waals surface area contributed by atoms with Gasteiger partial charge in [-0.3, -0.25) is 0 Å². The Hall–Kier alpha value is -1.42. The third-order valence-corrected chi connectivity index (χ3v) is 4.76. The summed E-state index contributed by atoms with van der Waals surface area (Å²) in [6.45, 7) is 0.896. The Bertz CT molecular complexity index is 703. The van der Waals surface area contributed by atoms with Gasteiger partial charge in [0.25, 0.3) is 0 Å². The Kier molecular flexibility index (Phi) is 4.48. The average Bonchev–Trinajstić information content (AvgIpc) is 2.51. The molecule has 0 saturated heterocycles. The third kappa shape index (κ3) is 3.02. The van der Waals surface area contributed by atoms with Crippen LogP contribution in [0.25, 0.3) is 0 Å². The maximum absolute atomic E-state index is 10.0. The van der Waals surface area contributed by atoms with Gasteiger partial charge in [-0.05, 0) is 60.3 Å². The van der Waals surface area contributed by atoms with Gasteiger partial charge in [-0.1, -0.05) is 29.3 Å². The summed E-state index contributed by atoms with van der Waals surface area (Å²) in [6.07, 6.45) is 1.71. The number of aromatic hydroxyl groups is 1. The third-order valence-electron chi connectivity index (χ3n) is 4.03. The highest BCUT2D eigenvalue weighted by atomic mass is 35.5. The molecule has 0 fully saturated rings. The van der Waals surface area contributed by atoms with Crippen LogP contribution in [0.4, 0.5) is 0 Å². The minimum absolute atomic E-state index is 0.137. The number of hydrogen-bond donors (Lipinski definition) is 2. The number of hydrogen-bond acceptors (Lipinski definition) is 3. The molecule has 3 rings (SSSR count). The van der Waals surface area contributed by atoms with E-state index in [-0.39, 0.29) is 11.8 Å². The lowest BCUT2D eigenvalue weighted by Gasteiger charge is -2.28. The summed E-state index contributed by atoms with van der Waals surface area (Å²) in [4.78, 5) is 0. The monoisotopic (exact) mass is 337 g/mol. The first kappa shape index (κ1) is 15.5. The molecular formula is C17H17Cl2NO2. The predicted octanol–water partition coefficient (Wildman–Crippen LogP) is 4.14. The molecule has 0 spiro atoms. The average molecular weight is 338 g/mol. The number of ether oxygens (including phenoxy) is 1. The summed E-state index contributed by atoms with van der Waals surface area (Å²) in [5.74, 6) is 0.693. The van der Waals surface area contributed by atoms with Crippen LogP contribution >= 0.6 is 23.2 Å². The minimum atomic E-state index is 0.137. The molecule has 2 N–H and O–H groups in total. The van der Waals surface area contributed by atoms with Gasteiger partial charge in [0.1, 0.15) is 0 Å². The van der Waals surface area contributed by atoms with Crippen LogP contribution in [0, 0.1) is 0 Å². The topological polar surface area (TPSA) is 41.5 Å². The highest BCUT2D eigenvalue weighted by Gasteiger charge is 2.22. The van der Waals surface area contributed by atoms with Gasteiger partial charge in [-0.15, -0.1) is 0 Å². The van der Waals surface area contributed by atoms with E-state index in [9.17, 15) is 5.11 Å². The summed E-state index contributed by atoms with van der Waals surface area (Å²) < 4.78 is 5.19. The van der Waals surface area contributed by atoms with Crippen molar-refractivity contribution in [3.63, 3.8) is 0 Å². The van der Waals surface area contributed by atoms with Crippen LogP contribution in [0.1, 0.15) is 22.7 Å². The molecule has 2 aromatic carbocycles. The number of rotatable bonds is 3. The number of methoxy groups -OCH3 is 1. The Morgan fingerprint density at radius 1 is 1.23 bits per heavy atom. The van der Waals surface area contributed by atoms with Gasteiger partial charge >= 0.3 is 0 Å².